The van der Waals surface area contributed by atoms with Crippen LogP contribution < -0.4 is 10.0 Å². The van der Waals surface area contributed by atoms with Gasteiger partial charge in [0.05, 0.1) is 10.4 Å². The van der Waals surface area contributed by atoms with Gasteiger partial charge in [0.1, 0.15) is 11.6 Å². The quantitative estimate of drug-likeness (QED) is 0.744. The fourth-order valence-corrected chi connectivity index (χ4v) is 2.48. The lowest BCUT2D eigenvalue weighted by molar-refractivity contribution is -0.116. The number of anilines is 1. The maximum absolute atomic E-state index is 13.4. The summed E-state index contributed by atoms with van der Waals surface area (Å²) >= 11 is 0. The number of carbonyl (C=O) groups excluding carboxylic acids is 1. The lowest BCUT2D eigenvalue weighted by Gasteiger charge is -2.19. The highest BCUT2D eigenvalue weighted by molar-refractivity contribution is 7.90. The summed E-state index contributed by atoms with van der Waals surface area (Å²) in [5.41, 5.74) is -0.0789. The van der Waals surface area contributed by atoms with Gasteiger partial charge in [0.25, 0.3) is 0 Å². The highest BCUT2D eigenvalue weighted by Gasteiger charge is 2.27. The molecule has 0 aliphatic heterocycles. The van der Waals surface area contributed by atoms with E-state index in [1.54, 1.807) is 20.8 Å². The third-order valence-corrected chi connectivity index (χ3v) is 5.33. The van der Waals surface area contributed by atoms with Gasteiger partial charge in [-0.25, -0.2) is 21.9 Å². The van der Waals surface area contributed by atoms with E-state index >= 15 is 0 Å². The van der Waals surface area contributed by atoms with Crippen LogP contribution in [0.1, 0.15) is 40.0 Å². The molecule has 0 aliphatic rings. The van der Waals surface area contributed by atoms with Crippen LogP contribution >= 0.6 is 0 Å². The Morgan fingerprint density at radius 2 is 1.83 bits per heavy atom. The molecule has 0 bridgehead atoms. The van der Waals surface area contributed by atoms with Crippen LogP contribution in [0.5, 0.6) is 0 Å². The first-order chi connectivity index (χ1) is 10.5. The van der Waals surface area contributed by atoms with E-state index in [9.17, 15) is 22.0 Å². The molecule has 0 unspecified atom stereocenters. The second-order valence-electron chi connectivity index (χ2n) is 6.14. The molecule has 5 nitrogen and oxygen atoms in total. The van der Waals surface area contributed by atoms with Crippen LogP contribution in [-0.2, 0) is 14.8 Å². The Morgan fingerprint density at radius 1 is 1.17 bits per heavy atom. The molecule has 1 rings (SSSR count). The highest BCUT2D eigenvalue weighted by atomic mass is 32.2. The Labute approximate surface area is 135 Å². The van der Waals surface area contributed by atoms with Crippen molar-refractivity contribution in [2.45, 2.75) is 44.8 Å². The van der Waals surface area contributed by atoms with Gasteiger partial charge >= 0.3 is 0 Å². The van der Waals surface area contributed by atoms with Crippen LogP contribution in [0.2, 0.25) is 0 Å². The van der Waals surface area contributed by atoms with E-state index in [-0.39, 0.29) is 18.7 Å². The summed E-state index contributed by atoms with van der Waals surface area (Å²) in [6, 6.07) is 2.90. The molecule has 8 heteroatoms. The van der Waals surface area contributed by atoms with Crippen molar-refractivity contribution in [3.63, 3.8) is 0 Å². The average molecular weight is 348 g/mol. The first kappa shape index (κ1) is 19.5. The Hall–Kier alpha value is -1.54. The molecule has 0 saturated heterocycles. The highest BCUT2D eigenvalue weighted by Crippen LogP contribution is 2.16. The summed E-state index contributed by atoms with van der Waals surface area (Å²) in [6.07, 6.45) is 1.05. The van der Waals surface area contributed by atoms with Gasteiger partial charge < -0.3 is 5.32 Å². The van der Waals surface area contributed by atoms with Gasteiger partial charge in [-0.1, -0.05) is 0 Å². The fourth-order valence-electron chi connectivity index (χ4n) is 1.64. The SMILES string of the molecule is CC(C)(C)S(=O)(=O)NCCCCC(=O)Nc1ccc(F)cc1F. The van der Waals surface area contributed by atoms with Crippen molar-refractivity contribution in [3.05, 3.63) is 29.8 Å². The number of sulfonamides is 1. The third-order valence-electron chi connectivity index (χ3n) is 3.13. The van der Waals surface area contributed by atoms with Gasteiger partial charge in [-0.15, -0.1) is 0 Å². The zero-order chi connectivity index (χ0) is 17.7. The van der Waals surface area contributed by atoms with Crippen molar-refractivity contribution in [2.75, 3.05) is 11.9 Å². The van der Waals surface area contributed by atoms with Crippen molar-refractivity contribution in [3.8, 4) is 0 Å². The van der Waals surface area contributed by atoms with E-state index in [1.165, 1.54) is 0 Å². The second-order valence-corrected chi connectivity index (χ2v) is 8.66. The summed E-state index contributed by atoms with van der Waals surface area (Å²) in [7, 11) is -3.39. The van der Waals surface area contributed by atoms with E-state index in [0.717, 1.165) is 12.1 Å². The molecule has 2 N–H and O–H groups in total. The molecular weight excluding hydrogens is 326 g/mol. The molecule has 1 aromatic carbocycles. The Kier molecular flexibility index (Phi) is 6.64. The van der Waals surface area contributed by atoms with Crippen LogP contribution in [0.15, 0.2) is 18.2 Å². The predicted octanol–water partition coefficient (Wildman–Crippen LogP) is 2.79. The molecule has 0 radical (unpaired) electrons. The summed E-state index contributed by atoms with van der Waals surface area (Å²) in [5.74, 6) is -1.96. The van der Waals surface area contributed by atoms with E-state index in [1.807, 2.05) is 0 Å². The molecule has 130 valence electrons. The smallest absolute Gasteiger partial charge is 0.224 e. The third kappa shape index (κ3) is 6.23. The largest absolute Gasteiger partial charge is 0.324 e. The molecule has 0 atom stereocenters. The second kappa shape index (κ2) is 7.83. The normalized spacial score (nSPS) is 12.2. The minimum absolute atomic E-state index is 0.0789. The van der Waals surface area contributed by atoms with Crippen molar-refractivity contribution in [2.24, 2.45) is 0 Å². The molecule has 0 saturated carbocycles. The summed E-state index contributed by atoms with van der Waals surface area (Å²) in [5, 5.41) is 2.35. The molecule has 0 heterocycles. The van der Waals surface area contributed by atoms with Gasteiger partial charge in [-0.05, 0) is 45.7 Å². The Balaban J connectivity index is 2.32. The van der Waals surface area contributed by atoms with E-state index in [4.69, 9.17) is 0 Å². The molecular formula is C15H22F2N2O3S. The maximum atomic E-state index is 13.4. The minimum atomic E-state index is -3.39. The molecule has 1 aromatic rings. The summed E-state index contributed by atoms with van der Waals surface area (Å²) in [6.45, 7) is 5.03. The number of hydrogen-bond acceptors (Lipinski definition) is 3. The number of carbonyl (C=O) groups is 1. The summed E-state index contributed by atoms with van der Waals surface area (Å²) in [4.78, 5) is 11.7. The number of unbranched alkanes of at least 4 members (excludes halogenated alkanes) is 1. The van der Waals surface area contributed by atoms with Gasteiger partial charge in [0.15, 0.2) is 0 Å². The lowest BCUT2D eigenvalue weighted by atomic mass is 10.2. The van der Waals surface area contributed by atoms with E-state index in [2.05, 4.69) is 10.0 Å². The van der Waals surface area contributed by atoms with Crippen molar-refractivity contribution in [1.82, 2.24) is 4.72 Å². The number of nitrogens with one attached hydrogen (secondary N) is 2. The van der Waals surface area contributed by atoms with Crippen molar-refractivity contribution in [1.29, 1.82) is 0 Å². The van der Waals surface area contributed by atoms with Gasteiger partial charge in [-0.3, -0.25) is 4.79 Å². The van der Waals surface area contributed by atoms with Crippen LogP contribution in [0, 0.1) is 11.6 Å². The maximum Gasteiger partial charge on any atom is 0.224 e. The first-order valence-electron chi connectivity index (χ1n) is 7.27. The molecule has 0 fully saturated rings. The zero-order valence-electron chi connectivity index (χ0n) is 13.4. The predicted molar refractivity (Wildman–Crippen MR) is 85.5 cm³/mol. The van der Waals surface area contributed by atoms with Crippen LogP contribution in [0.4, 0.5) is 14.5 Å². The molecule has 0 aromatic heterocycles. The molecule has 0 aliphatic carbocycles. The van der Waals surface area contributed by atoms with Crippen molar-refractivity contribution < 1.29 is 22.0 Å². The summed E-state index contributed by atoms with van der Waals surface area (Å²) < 4.78 is 51.3. The van der Waals surface area contributed by atoms with Crippen molar-refractivity contribution >= 4 is 21.6 Å². The topological polar surface area (TPSA) is 75.3 Å². The minimum Gasteiger partial charge on any atom is -0.324 e. The van der Waals surface area contributed by atoms with E-state index in [0.29, 0.717) is 18.9 Å². The van der Waals surface area contributed by atoms with Crippen LogP contribution in [0.3, 0.4) is 0 Å². The number of benzene rings is 1. The number of halogens is 2. The van der Waals surface area contributed by atoms with Gasteiger partial charge in [-0.2, -0.15) is 0 Å². The van der Waals surface area contributed by atoms with Gasteiger partial charge in [0, 0.05) is 19.0 Å². The average Bonchev–Trinajstić information content (AvgIpc) is 2.40. The van der Waals surface area contributed by atoms with E-state index < -0.39 is 32.3 Å². The molecule has 1 amide bonds. The zero-order valence-corrected chi connectivity index (χ0v) is 14.3. The first-order valence-corrected chi connectivity index (χ1v) is 8.75. The Bertz CT molecular complexity index is 655. The standard InChI is InChI=1S/C15H22F2N2O3S/c1-15(2,3)23(21,22)18-9-5-4-6-14(20)19-13-8-7-11(16)10-12(13)17/h7-8,10,18H,4-6,9H2,1-3H3,(H,19,20). The number of amides is 1. The fraction of sp³-hybridized carbons (Fsp3) is 0.533. The molecule has 0 spiro atoms. The Morgan fingerprint density at radius 3 is 2.39 bits per heavy atom. The lowest BCUT2D eigenvalue weighted by Crippen LogP contribution is -2.39. The van der Waals surface area contributed by atoms with Crippen LogP contribution in [0.25, 0.3) is 0 Å². The van der Waals surface area contributed by atoms with Crippen LogP contribution in [-0.4, -0.2) is 25.6 Å². The number of rotatable bonds is 7. The van der Waals surface area contributed by atoms with Gasteiger partial charge in [0.2, 0.25) is 15.9 Å². The monoisotopic (exact) mass is 348 g/mol. The number of hydrogen-bond donors (Lipinski definition) is 2. The molecule has 23 heavy (non-hydrogen) atoms.